The lowest BCUT2D eigenvalue weighted by molar-refractivity contribution is 0.415. The maximum Gasteiger partial charge on any atom is 0.119 e. The number of ether oxygens (including phenoxy) is 1. The first-order valence-electron chi connectivity index (χ1n) is 9.47. The average Bonchev–Trinajstić information content (AvgIpc) is 2.76. The Balaban J connectivity index is 1.47. The zero-order valence-electron chi connectivity index (χ0n) is 15.9. The quantitative estimate of drug-likeness (QED) is 0.356. The van der Waals surface area contributed by atoms with Gasteiger partial charge in [0, 0.05) is 15.7 Å². The van der Waals surface area contributed by atoms with Crippen molar-refractivity contribution in [3.63, 3.8) is 0 Å². The van der Waals surface area contributed by atoms with E-state index in [1.54, 1.807) is 7.11 Å². The van der Waals surface area contributed by atoms with Crippen LogP contribution in [0.2, 0.25) is 0 Å². The van der Waals surface area contributed by atoms with Gasteiger partial charge in [-0.3, -0.25) is 0 Å². The average molecular weight is 384 g/mol. The number of para-hydroxylation sites is 1. The van der Waals surface area contributed by atoms with Crippen LogP contribution >= 0.6 is 11.8 Å². The van der Waals surface area contributed by atoms with Crippen LogP contribution in [0.4, 0.5) is 11.4 Å². The zero-order chi connectivity index (χ0) is 19.1. The van der Waals surface area contributed by atoms with Crippen molar-refractivity contribution < 1.29 is 4.74 Å². The number of fused-ring (bicyclic) bond motifs is 3. The summed E-state index contributed by atoms with van der Waals surface area (Å²) >= 11 is 1.83. The molecule has 1 unspecified atom stereocenters. The molecule has 1 heterocycles. The van der Waals surface area contributed by atoms with E-state index >= 15 is 0 Å². The highest BCUT2D eigenvalue weighted by Crippen LogP contribution is 2.45. The van der Waals surface area contributed by atoms with Gasteiger partial charge in [0.25, 0.3) is 0 Å². The predicted molar refractivity (Wildman–Crippen MR) is 118 cm³/mol. The zero-order valence-corrected chi connectivity index (χ0v) is 16.7. The molecule has 4 aromatic rings. The summed E-state index contributed by atoms with van der Waals surface area (Å²) < 4.78 is 5.34. The maximum absolute atomic E-state index is 5.34. The Kier molecular flexibility index (Phi) is 4.25. The molecule has 28 heavy (non-hydrogen) atoms. The molecule has 1 atom stereocenters. The molecule has 0 aliphatic carbocycles. The van der Waals surface area contributed by atoms with Crippen molar-refractivity contribution in [2.75, 3.05) is 12.4 Å². The lowest BCUT2D eigenvalue weighted by Crippen LogP contribution is -2.02. The summed E-state index contributed by atoms with van der Waals surface area (Å²) in [5, 5.41) is 6.04. The Morgan fingerprint density at radius 1 is 0.750 bits per heavy atom. The molecule has 1 aliphatic rings. The van der Waals surface area contributed by atoms with E-state index in [4.69, 9.17) is 4.74 Å². The normalized spacial score (nSPS) is 13.4. The monoisotopic (exact) mass is 383 g/mol. The molecule has 0 aromatic heterocycles. The van der Waals surface area contributed by atoms with Gasteiger partial charge in [0.1, 0.15) is 5.75 Å². The van der Waals surface area contributed by atoms with Gasteiger partial charge in [-0.25, -0.2) is 0 Å². The standard InChI is InChI=1S/C25H21NOS/c1-16(17-7-8-20-14-21(27-2)11-9-19(20)13-17)18-10-12-25-23(15-18)26-22-5-3-4-6-24(22)28-25/h3-16,26H,1-2H3. The van der Waals surface area contributed by atoms with Gasteiger partial charge in [-0.15, -0.1) is 0 Å². The van der Waals surface area contributed by atoms with Gasteiger partial charge >= 0.3 is 0 Å². The lowest BCUT2D eigenvalue weighted by atomic mass is 9.91. The summed E-state index contributed by atoms with van der Waals surface area (Å²) in [6.07, 6.45) is 0. The van der Waals surface area contributed by atoms with Crippen molar-refractivity contribution in [1.82, 2.24) is 0 Å². The van der Waals surface area contributed by atoms with E-state index in [9.17, 15) is 0 Å². The number of hydrogen-bond donors (Lipinski definition) is 1. The largest absolute Gasteiger partial charge is 0.497 e. The second kappa shape index (κ2) is 6.92. The highest BCUT2D eigenvalue weighted by Gasteiger charge is 2.17. The van der Waals surface area contributed by atoms with Gasteiger partial charge in [0.15, 0.2) is 0 Å². The van der Waals surface area contributed by atoms with Crippen LogP contribution < -0.4 is 10.1 Å². The van der Waals surface area contributed by atoms with Crippen LogP contribution in [0.1, 0.15) is 24.0 Å². The van der Waals surface area contributed by atoms with E-state index in [1.807, 2.05) is 17.8 Å². The fourth-order valence-corrected chi connectivity index (χ4v) is 4.73. The molecule has 5 rings (SSSR count). The third-order valence-electron chi connectivity index (χ3n) is 5.45. The molecule has 0 fully saturated rings. The smallest absolute Gasteiger partial charge is 0.119 e. The number of nitrogens with one attached hydrogen (secondary N) is 1. The van der Waals surface area contributed by atoms with Gasteiger partial charge in [0.2, 0.25) is 0 Å². The van der Waals surface area contributed by atoms with Crippen LogP contribution in [0.25, 0.3) is 10.8 Å². The summed E-state index contributed by atoms with van der Waals surface area (Å²) in [5.41, 5.74) is 5.02. The van der Waals surface area contributed by atoms with E-state index in [0.717, 1.165) is 5.75 Å². The predicted octanol–water partition coefficient (Wildman–Crippen LogP) is 7.21. The second-order valence-corrected chi connectivity index (χ2v) is 8.26. The van der Waals surface area contributed by atoms with Gasteiger partial charge in [0.05, 0.1) is 18.5 Å². The Bertz CT molecular complexity index is 1180. The topological polar surface area (TPSA) is 21.3 Å². The van der Waals surface area contributed by atoms with Crippen molar-refractivity contribution in [2.45, 2.75) is 22.6 Å². The molecule has 3 heteroatoms. The second-order valence-electron chi connectivity index (χ2n) is 7.17. The SMILES string of the molecule is COc1ccc2cc(C(C)c3ccc4c(c3)Nc3ccccc3S4)ccc2c1. The molecule has 0 amide bonds. The number of methoxy groups -OCH3 is 1. The molecule has 0 saturated carbocycles. The van der Waals surface area contributed by atoms with E-state index in [1.165, 1.54) is 43.1 Å². The van der Waals surface area contributed by atoms with Gasteiger partial charge in [-0.1, -0.05) is 61.2 Å². The first-order chi connectivity index (χ1) is 13.7. The fourth-order valence-electron chi connectivity index (χ4n) is 3.76. The summed E-state index contributed by atoms with van der Waals surface area (Å²) in [4.78, 5) is 2.56. The first kappa shape index (κ1) is 17.2. The molecule has 2 nitrogen and oxygen atoms in total. The van der Waals surface area contributed by atoms with Crippen LogP contribution in [0.3, 0.4) is 0 Å². The summed E-state index contributed by atoms with van der Waals surface area (Å²) in [6, 6.07) is 28.2. The minimum atomic E-state index is 0.320. The van der Waals surface area contributed by atoms with Crippen LogP contribution in [-0.4, -0.2) is 7.11 Å². The minimum absolute atomic E-state index is 0.320. The summed E-state index contributed by atoms with van der Waals surface area (Å²) in [7, 11) is 1.71. The Labute approximate surface area is 169 Å². The maximum atomic E-state index is 5.34. The van der Waals surface area contributed by atoms with Crippen LogP contribution in [0, 0.1) is 0 Å². The van der Waals surface area contributed by atoms with Crippen LogP contribution in [-0.2, 0) is 0 Å². The number of rotatable bonds is 3. The van der Waals surface area contributed by atoms with Crippen LogP contribution in [0.5, 0.6) is 5.75 Å². The first-order valence-corrected chi connectivity index (χ1v) is 10.3. The van der Waals surface area contributed by atoms with Crippen molar-refractivity contribution in [3.05, 3.63) is 90.0 Å². The molecule has 0 saturated heterocycles. The van der Waals surface area contributed by atoms with Gasteiger partial charge < -0.3 is 10.1 Å². The third-order valence-corrected chi connectivity index (χ3v) is 6.60. The number of anilines is 2. The van der Waals surface area contributed by atoms with Crippen molar-refractivity contribution >= 4 is 33.9 Å². The van der Waals surface area contributed by atoms with Gasteiger partial charge in [-0.05, 0) is 58.3 Å². The van der Waals surface area contributed by atoms with E-state index in [2.05, 4.69) is 85.0 Å². The fraction of sp³-hybridized carbons (Fsp3) is 0.120. The molecule has 1 aliphatic heterocycles. The molecule has 0 bridgehead atoms. The summed E-state index contributed by atoms with van der Waals surface area (Å²) in [6.45, 7) is 2.27. The van der Waals surface area contributed by atoms with E-state index in [-0.39, 0.29) is 0 Å². The molecular weight excluding hydrogens is 362 g/mol. The van der Waals surface area contributed by atoms with Gasteiger partial charge in [-0.2, -0.15) is 0 Å². The van der Waals surface area contributed by atoms with Crippen molar-refractivity contribution in [2.24, 2.45) is 0 Å². The van der Waals surface area contributed by atoms with Crippen molar-refractivity contribution in [3.8, 4) is 5.75 Å². The summed E-state index contributed by atoms with van der Waals surface area (Å²) in [5.74, 6) is 1.22. The minimum Gasteiger partial charge on any atom is -0.497 e. The highest BCUT2D eigenvalue weighted by molar-refractivity contribution is 7.99. The Hall–Kier alpha value is -2.91. The molecule has 4 aromatic carbocycles. The highest BCUT2D eigenvalue weighted by atomic mass is 32.2. The molecular formula is C25H21NOS. The molecule has 0 radical (unpaired) electrons. The van der Waals surface area contributed by atoms with Crippen LogP contribution in [0.15, 0.2) is 88.7 Å². The molecule has 0 spiro atoms. The Morgan fingerprint density at radius 2 is 1.46 bits per heavy atom. The molecule has 138 valence electrons. The third kappa shape index (κ3) is 3.02. The molecule has 1 N–H and O–H groups in total. The lowest BCUT2D eigenvalue weighted by Gasteiger charge is -2.23. The van der Waals surface area contributed by atoms with E-state index < -0.39 is 0 Å². The number of hydrogen-bond acceptors (Lipinski definition) is 3. The number of benzene rings is 4. The van der Waals surface area contributed by atoms with E-state index in [0.29, 0.717) is 5.92 Å². The Morgan fingerprint density at radius 3 is 2.36 bits per heavy atom. The van der Waals surface area contributed by atoms with Crippen molar-refractivity contribution in [1.29, 1.82) is 0 Å².